The summed E-state index contributed by atoms with van der Waals surface area (Å²) in [7, 11) is 0. The van der Waals surface area contributed by atoms with Crippen molar-refractivity contribution in [1.82, 2.24) is 15.1 Å². The van der Waals surface area contributed by atoms with Gasteiger partial charge in [0.25, 0.3) is 0 Å². The molecule has 0 radical (unpaired) electrons. The molecule has 0 saturated heterocycles. The Morgan fingerprint density at radius 1 is 1.33 bits per heavy atom. The van der Waals surface area contributed by atoms with Crippen molar-refractivity contribution < 1.29 is 4.79 Å². The third kappa shape index (κ3) is 3.50. The first-order valence-electron chi connectivity index (χ1n) is 6.42. The highest BCUT2D eigenvalue weighted by molar-refractivity contribution is 7.14. The Morgan fingerprint density at radius 3 is 2.95 bits per heavy atom. The van der Waals surface area contributed by atoms with E-state index in [0.29, 0.717) is 6.54 Å². The molecule has 0 unspecified atom stereocenters. The van der Waals surface area contributed by atoms with Crippen molar-refractivity contribution in [1.29, 1.82) is 0 Å². The average Bonchev–Trinajstić information content (AvgIpc) is 3.23. The molecule has 0 bridgehead atoms. The first kappa shape index (κ1) is 13.8. The summed E-state index contributed by atoms with van der Waals surface area (Å²) in [5, 5.41) is 16.8. The first-order chi connectivity index (χ1) is 10.3. The molecule has 0 fully saturated rings. The minimum Gasteiger partial charge on any atom is -0.335 e. The number of urea groups is 1. The van der Waals surface area contributed by atoms with Gasteiger partial charge in [-0.3, -0.25) is 10.00 Å². The van der Waals surface area contributed by atoms with Gasteiger partial charge in [-0.05, 0) is 46.0 Å². The number of amides is 2. The Hall–Kier alpha value is -2.12. The summed E-state index contributed by atoms with van der Waals surface area (Å²) in [6, 6.07) is 7.50. The lowest BCUT2D eigenvalue weighted by molar-refractivity contribution is 0.250. The number of hydrogen-bond acceptors (Lipinski definition) is 4. The van der Waals surface area contributed by atoms with E-state index in [2.05, 4.69) is 27.2 Å². The van der Waals surface area contributed by atoms with Gasteiger partial charge >= 0.3 is 6.03 Å². The van der Waals surface area contributed by atoms with Crippen LogP contribution in [0.25, 0.3) is 0 Å². The predicted octanol–water partition coefficient (Wildman–Crippen LogP) is 3.42. The van der Waals surface area contributed by atoms with Gasteiger partial charge in [0, 0.05) is 18.9 Å². The normalized spacial score (nSPS) is 12.0. The van der Waals surface area contributed by atoms with Crippen LogP contribution < -0.4 is 10.6 Å². The molecule has 3 aromatic rings. The quantitative estimate of drug-likeness (QED) is 0.757. The zero-order chi connectivity index (χ0) is 14.5. The summed E-state index contributed by atoms with van der Waals surface area (Å²) in [6.45, 7) is 0.482. The van der Waals surface area contributed by atoms with E-state index in [0.717, 1.165) is 10.6 Å². The molecule has 108 valence electrons. The van der Waals surface area contributed by atoms with Gasteiger partial charge in [-0.2, -0.15) is 16.4 Å². The Balaban J connectivity index is 1.64. The summed E-state index contributed by atoms with van der Waals surface area (Å²) in [5.74, 6) is 0. The van der Waals surface area contributed by atoms with Crippen LogP contribution in [0.15, 0.2) is 52.8 Å². The van der Waals surface area contributed by atoms with Gasteiger partial charge < -0.3 is 5.32 Å². The molecule has 3 heterocycles. The molecule has 0 saturated carbocycles. The highest BCUT2D eigenvalue weighted by Gasteiger charge is 2.15. The second-order valence-electron chi connectivity index (χ2n) is 4.37. The molecule has 1 atom stereocenters. The molecule has 2 amide bonds. The van der Waals surface area contributed by atoms with E-state index in [1.54, 1.807) is 17.5 Å². The van der Waals surface area contributed by atoms with Gasteiger partial charge in [0.1, 0.15) is 0 Å². The lowest BCUT2D eigenvalue weighted by atomic mass is 10.1. The van der Waals surface area contributed by atoms with Crippen molar-refractivity contribution >= 4 is 33.7 Å². The second-order valence-corrected chi connectivity index (χ2v) is 6.10. The maximum absolute atomic E-state index is 11.9. The van der Waals surface area contributed by atoms with Gasteiger partial charge in [0.05, 0.1) is 11.0 Å². The zero-order valence-corrected chi connectivity index (χ0v) is 12.7. The third-order valence-electron chi connectivity index (χ3n) is 2.99. The van der Waals surface area contributed by atoms with Crippen LogP contribution in [0.3, 0.4) is 0 Å². The van der Waals surface area contributed by atoms with E-state index in [1.165, 1.54) is 11.3 Å². The van der Waals surface area contributed by atoms with Crippen LogP contribution in [0, 0.1) is 0 Å². The molecule has 3 rings (SSSR count). The second kappa shape index (κ2) is 6.55. The summed E-state index contributed by atoms with van der Waals surface area (Å²) in [5.41, 5.74) is 1.14. The maximum Gasteiger partial charge on any atom is 0.319 e. The summed E-state index contributed by atoms with van der Waals surface area (Å²) in [4.78, 5) is 11.9. The van der Waals surface area contributed by atoms with Crippen LogP contribution >= 0.6 is 22.7 Å². The number of nitrogens with one attached hydrogen (secondary N) is 2. The molecule has 0 aliphatic heterocycles. The highest BCUT2D eigenvalue weighted by Crippen LogP contribution is 2.20. The van der Waals surface area contributed by atoms with E-state index in [1.807, 2.05) is 39.8 Å². The van der Waals surface area contributed by atoms with Crippen LogP contribution in [0.1, 0.15) is 11.6 Å². The molecule has 0 spiro atoms. The summed E-state index contributed by atoms with van der Waals surface area (Å²) >= 11 is 3.13. The topological polar surface area (TPSA) is 59.0 Å². The van der Waals surface area contributed by atoms with Crippen LogP contribution in [-0.4, -0.2) is 22.4 Å². The number of nitrogens with zero attached hydrogens (tertiary/aromatic N) is 2. The van der Waals surface area contributed by atoms with Crippen molar-refractivity contribution in [3.63, 3.8) is 0 Å². The highest BCUT2D eigenvalue weighted by atomic mass is 32.1. The fourth-order valence-corrected chi connectivity index (χ4v) is 3.31. The number of aromatic nitrogens is 2. The van der Waals surface area contributed by atoms with Crippen molar-refractivity contribution in [2.75, 3.05) is 11.9 Å². The van der Waals surface area contributed by atoms with Gasteiger partial charge in [-0.1, -0.05) is 0 Å². The SMILES string of the molecule is O=C(NC[C@H](c1ccsc1)n1cccn1)Nc1cccs1. The Labute approximate surface area is 130 Å². The van der Waals surface area contributed by atoms with E-state index in [-0.39, 0.29) is 12.1 Å². The number of carbonyl (C=O) groups is 1. The molecule has 21 heavy (non-hydrogen) atoms. The monoisotopic (exact) mass is 318 g/mol. The van der Waals surface area contributed by atoms with E-state index < -0.39 is 0 Å². The largest absolute Gasteiger partial charge is 0.335 e. The molecule has 5 nitrogen and oxygen atoms in total. The molecule has 0 aliphatic rings. The number of thiophene rings is 2. The van der Waals surface area contributed by atoms with Crippen LogP contribution in [0.2, 0.25) is 0 Å². The predicted molar refractivity (Wildman–Crippen MR) is 86.0 cm³/mol. The van der Waals surface area contributed by atoms with Crippen molar-refractivity contribution in [2.45, 2.75) is 6.04 Å². The van der Waals surface area contributed by atoms with Crippen molar-refractivity contribution in [3.05, 3.63) is 58.4 Å². The molecule has 0 aromatic carbocycles. The molecule has 3 aromatic heterocycles. The summed E-state index contributed by atoms with van der Waals surface area (Å²) in [6.07, 6.45) is 3.65. The van der Waals surface area contributed by atoms with E-state index >= 15 is 0 Å². The minimum absolute atomic E-state index is 0.000311. The van der Waals surface area contributed by atoms with Crippen LogP contribution in [0.4, 0.5) is 9.80 Å². The standard InChI is InChI=1S/C14H14N4OS2/c19-14(17-13-3-1-7-21-13)15-9-12(11-4-8-20-10-11)18-6-2-5-16-18/h1-8,10,12H,9H2,(H2,15,17,19)/t12-/m1/s1. The smallest absolute Gasteiger partial charge is 0.319 e. The van der Waals surface area contributed by atoms with Crippen LogP contribution in [0.5, 0.6) is 0 Å². The fourth-order valence-electron chi connectivity index (χ4n) is 1.99. The summed E-state index contributed by atoms with van der Waals surface area (Å²) < 4.78 is 1.85. The van der Waals surface area contributed by atoms with Crippen molar-refractivity contribution in [2.24, 2.45) is 0 Å². The first-order valence-corrected chi connectivity index (χ1v) is 8.25. The Bertz CT molecular complexity index is 628. The molecule has 2 N–H and O–H groups in total. The number of hydrogen-bond donors (Lipinski definition) is 2. The lowest BCUT2D eigenvalue weighted by Crippen LogP contribution is -2.34. The maximum atomic E-state index is 11.9. The van der Waals surface area contributed by atoms with Gasteiger partial charge in [-0.25, -0.2) is 4.79 Å². The molecule has 0 aliphatic carbocycles. The Morgan fingerprint density at radius 2 is 2.29 bits per heavy atom. The van der Waals surface area contributed by atoms with Crippen molar-refractivity contribution in [3.8, 4) is 0 Å². The number of carbonyl (C=O) groups excluding carboxylic acids is 1. The van der Waals surface area contributed by atoms with Crippen LogP contribution in [-0.2, 0) is 0 Å². The van der Waals surface area contributed by atoms with E-state index in [9.17, 15) is 4.79 Å². The zero-order valence-electron chi connectivity index (χ0n) is 11.1. The number of anilines is 1. The van der Waals surface area contributed by atoms with E-state index in [4.69, 9.17) is 0 Å². The van der Waals surface area contributed by atoms with Gasteiger partial charge in [-0.15, -0.1) is 11.3 Å². The molecular weight excluding hydrogens is 304 g/mol. The lowest BCUT2D eigenvalue weighted by Gasteiger charge is -2.17. The average molecular weight is 318 g/mol. The molecule has 7 heteroatoms. The third-order valence-corrected chi connectivity index (χ3v) is 4.47. The van der Waals surface area contributed by atoms with Gasteiger partial charge in [0.2, 0.25) is 0 Å². The number of rotatable bonds is 5. The fraction of sp³-hybridized carbons (Fsp3) is 0.143. The molecular formula is C14H14N4OS2. The Kier molecular flexibility index (Phi) is 4.32. The minimum atomic E-state index is -0.204. The van der Waals surface area contributed by atoms with Gasteiger partial charge in [0.15, 0.2) is 0 Å².